The second-order valence-electron chi connectivity index (χ2n) is 4.61. The van der Waals surface area contributed by atoms with E-state index in [4.69, 9.17) is 10.5 Å². The maximum atomic E-state index is 5.91. The van der Waals surface area contributed by atoms with E-state index in [9.17, 15) is 0 Å². The molecule has 2 nitrogen and oxygen atoms in total. The van der Waals surface area contributed by atoms with Crippen LogP contribution in [0.4, 0.5) is 0 Å². The van der Waals surface area contributed by atoms with Crippen molar-refractivity contribution in [2.45, 2.75) is 52.0 Å². The highest BCUT2D eigenvalue weighted by Gasteiger charge is 2.32. The van der Waals surface area contributed by atoms with Gasteiger partial charge in [-0.15, -0.1) is 0 Å². The lowest BCUT2D eigenvalue weighted by molar-refractivity contribution is 0.130. The Kier molecular flexibility index (Phi) is 4.20. The third-order valence-corrected chi connectivity index (χ3v) is 3.15. The van der Waals surface area contributed by atoms with Gasteiger partial charge in [-0.05, 0) is 44.4 Å². The van der Waals surface area contributed by atoms with Gasteiger partial charge in [0.1, 0.15) is 0 Å². The highest BCUT2D eigenvalue weighted by Crippen LogP contribution is 2.40. The predicted molar refractivity (Wildman–Crippen MR) is 55.7 cm³/mol. The van der Waals surface area contributed by atoms with Crippen molar-refractivity contribution in [1.82, 2.24) is 0 Å². The monoisotopic (exact) mass is 185 g/mol. The van der Waals surface area contributed by atoms with Crippen molar-refractivity contribution in [1.29, 1.82) is 0 Å². The molecule has 2 unspecified atom stereocenters. The van der Waals surface area contributed by atoms with Crippen LogP contribution in [-0.4, -0.2) is 19.3 Å². The van der Waals surface area contributed by atoms with E-state index in [-0.39, 0.29) is 0 Å². The van der Waals surface area contributed by atoms with Gasteiger partial charge in [0.2, 0.25) is 0 Å². The molecule has 0 aromatic heterocycles. The topological polar surface area (TPSA) is 35.2 Å². The fraction of sp³-hybridized carbons (Fsp3) is 1.00. The van der Waals surface area contributed by atoms with Crippen LogP contribution in [0, 0.1) is 5.41 Å². The smallest absolute Gasteiger partial charge is 0.0466 e. The minimum Gasteiger partial charge on any atom is -0.382 e. The highest BCUT2D eigenvalue weighted by molar-refractivity contribution is 4.87. The Bertz CT molecular complexity index is 149. The maximum absolute atomic E-state index is 5.91. The Morgan fingerprint density at radius 1 is 1.54 bits per heavy atom. The lowest BCUT2D eigenvalue weighted by Gasteiger charge is -2.23. The first-order valence-corrected chi connectivity index (χ1v) is 5.49. The molecule has 0 bridgehead atoms. The Balaban J connectivity index is 2.12. The summed E-state index contributed by atoms with van der Waals surface area (Å²) in [7, 11) is 0. The molecular formula is C11H23NO. The van der Waals surface area contributed by atoms with Gasteiger partial charge in [0, 0.05) is 19.3 Å². The van der Waals surface area contributed by atoms with Crippen LogP contribution < -0.4 is 5.73 Å². The summed E-state index contributed by atoms with van der Waals surface area (Å²) in [6.45, 7) is 6.18. The fourth-order valence-electron chi connectivity index (χ4n) is 2.34. The van der Waals surface area contributed by atoms with Gasteiger partial charge in [0.05, 0.1) is 0 Å². The van der Waals surface area contributed by atoms with Crippen molar-refractivity contribution < 1.29 is 4.74 Å². The minimum absolute atomic E-state index is 0.456. The fourth-order valence-corrected chi connectivity index (χ4v) is 2.34. The van der Waals surface area contributed by atoms with Crippen molar-refractivity contribution in [3.8, 4) is 0 Å². The molecule has 0 saturated heterocycles. The zero-order valence-corrected chi connectivity index (χ0v) is 9.01. The Labute approximate surface area is 81.8 Å². The molecule has 1 saturated carbocycles. The minimum atomic E-state index is 0.456. The molecule has 0 aliphatic heterocycles. The number of nitrogens with two attached hydrogens (primary N) is 1. The van der Waals surface area contributed by atoms with Crippen LogP contribution in [-0.2, 0) is 4.74 Å². The molecule has 0 amide bonds. The first-order chi connectivity index (χ1) is 6.16. The van der Waals surface area contributed by atoms with Gasteiger partial charge < -0.3 is 10.5 Å². The summed E-state index contributed by atoms with van der Waals surface area (Å²) >= 11 is 0. The Hall–Kier alpha value is -0.0800. The zero-order valence-electron chi connectivity index (χ0n) is 9.01. The summed E-state index contributed by atoms with van der Waals surface area (Å²) in [6, 6.07) is 0.456. The second kappa shape index (κ2) is 4.97. The van der Waals surface area contributed by atoms with Crippen molar-refractivity contribution in [3.05, 3.63) is 0 Å². The van der Waals surface area contributed by atoms with E-state index in [0.29, 0.717) is 11.5 Å². The van der Waals surface area contributed by atoms with Crippen molar-refractivity contribution in [2.24, 2.45) is 11.1 Å². The van der Waals surface area contributed by atoms with Gasteiger partial charge in [-0.25, -0.2) is 0 Å². The van der Waals surface area contributed by atoms with Crippen molar-refractivity contribution in [2.75, 3.05) is 13.2 Å². The van der Waals surface area contributed by atoms with Gasteiger partial charge in [-0.2, -0.15) is 0 Å². The Morgan fingerprint density at radius 2 is 2.31 bits per heavy atom. The lowest BCUT2D eigenvalue weighted by atomic mass is 9.84. The first kappa shape index (κ1) is 11.0. The van der Waals surface area contributed by atoms with Gasteiger partial charge in [0.25, 0.3) is 0 Å². The summed E-state index contributed by atoms with van der Waals surface area (Å²) < 4.78 is 5.33. The van der Waals surface area contributed by atoms with Gasteiger partial charge >= 0.3 is 0 Å². The summed E-state index contributed by atoms with van der Waals surface area (Å²) in [6.07, 6.45) is 6.20. The van der Waals surface area contributed by atoms with Gasteiger partial charge in [0.15, 0.2) is 0 Å². The van der Waals surface area contributed by atoms with E-state index in [1.807, 2.05) is 6.92 Å². The van der Waals surface area contributed by atoms with E-state index in [1.54, 1.807) is 0 Å². The molecule has 0 spiro atoms. The van der Waals surface area contributed by atoms with E-state index in [2.05, 4.69) is 6.92 Å². The van der Waals surface area contributed by atoms with Crippen LogP contribution in [0.5, 0.6) is 0 Å². The lowest BCUT2D eigenvalue weighted by Crippen LogP contribution is -2.19. The van der Waals surface area contributed by atoms with Crippen LogP contribution in [0.3, 0.4) is 0 Å². The molecule has 0 aromatic carbocycles. The van der Waals surface area contributed by atoms with Crippen molar-refractivity contribution >= 4 is 0 Å². The standard InChI is InChI=1S/C11H23NO/c1-3-13-8-4-6-11(2)7-5-10(12)9-11/h10H,3-9,12H2,1-2H3. The molecule has 1 aliphatic carbocycles. The quantitative estimate of drug-likeness (QED) is 0.667. The number of ether oxygens (including phenoxy) is 1. The predicted octanol–water partition coefficient (Wildman–Crippen LogP) is 2.32. The molecule has 2 atom stereocenters. The van der Waals surface area contributed by atoms with Crippen LogP contribution in [0.25, 0.3) is 0 Å². The van der Waals surface area contributed by atoms with E-state index < -0.39 is 0 Å². The van der Waals surface area contributed by atoms with Gasteiger partial charge in [-0.1, -0.05) is 6.92 Å². The molecule has 1 aliphatic rings. The number of rotatable bonds is 5. The third kappa shape index (κ3) is 3.65. The summed E-state index contributed by atoms with van der Waals surface area (Å²) in [5, 5.41) is 0. The average molecular weight is 185 g/mol. The molecule has 1 rings (SSSR count). The summed E-state index contributed by atoms with van der Waals surface area (Å²) in [5.41, 5.74) is 6.42. The number of hydrogen-bond acceptors (Lipinski definition) is 2. The number of hydrogen-bond donors (Lipinski definition) is 1. The molecular weight excluding hydrogens is 162 g/mol. The van der Waals surface area contributed by atoms with Crippen molar-refractivity contribution in [3.63, 3.8) is 0 Å². The molecule has 13 heavy (non-hydrogen) atoms. The maximum Gasteiger partial charge on any atom is 0.0466 e. The molecule has 1 fully saturated rings. The largest absolute Gasteiger partial charge is 0.382 e. The molecule has 2 N–H and O–H groups in total. The summed E-state index contributed by atoms with van der Waals surface area (Å²) in [4.78, 5) is 0. The van der Waals surface area contributed by atoms with E-state index >= 15 is 0 Å². The molecule has 0 heterocycles. The van der Waals surface area contributed by atoms with Crippen LogP contribution in [0.2, 0.25) is 0 Å². The average Bonchev–Trinajstić information content (AvgIpc) is 2.41. The molecule has 78 valence electrons. The third-order valence-electron chi connectivity index (χ3n) is 3.15. The van der Waals surface area contributed by atoms with Gasteiger partial charge in [-0.3, -0.25) is 0 Å². The SMILES string of the molecule is CCOCCCC1(C)CCC(N)C1. The van der Waals surface area contributed by atoms with E-state index in [0.717, 1.165) is 13.2 Å². The zero-order chi connectivity index (χ0) is 9.73. The second-order valence-corrected chi connectivity index (χ2v) is 4.61. The van der Waals surface area contributed by atoms with Crippen LogP contribution in [0.1, 0.15) is 46.0 Å². The summed E-state index contributed by atoms with van der Waals surface area (Å²) in [5.74, 6) is 0. The van der Waals surface area contributed by atoms with Crippen LogP contribution in [0.15, 0.2) is 0 Å². The molecule has 2 heteroatoms. The first-order valence-electron chi connectivity index (χ1n) is 5.49. The molecule has 0 aromatic rings. The highest BCUT2D eigenvalue weighted by atomic mass is 16.5. The molecule has 0 radical (unpaired) electrons. The normalized spacial score (nSPS) is 33.9. The van der Waals surface area contributed by atoms with E-state index in [1.165, 1.54) is 32.1 Å². The van der Waals surface area contributed by atoms with Crippen LogP contribution >= 0.6 is 0 Å². The Morgan fingerprint density at radius 3 is 2.85 bits per heavy atom.